The van der Waals surface area contributed by atoms with Gasteiger partial charge < -0.3 is 4.42 Å². The van der Waals surface area contributed by atoms with Gasteiger partial charge in [-0.1, -0.05) is 17.8 Å². The molecule has 8 heteroatoms. The van der Waals surface area contributed by atoms with Crippen LogP contribution >= 0.6 is 11.8 Å². The second-order valence-corrected chi connectivity index (χ2v) is 6.93. The van der Waals surface area contributed by atoms with Gasteiger partial charge in [0.15, 0.2) is 0 Å². The molecule has 0 aliphatic carbocycles. The summed E-state index contributed by atoms with van der Waals surface area (Å²) >= 11 is 1.48. The lowest BCUT2D eigenvalue weighted by atomic mass is 10.1. The Morgan fingerprint density at radius 3 is 2.87 bits per heavy atom. The Bertz CT molecular complexity index is 808. The van der Waals surface area contributed by atoms with E-state index in [1.807, 2.05) is 20.8 Å². The van der Waals surface area contributed by atoms with Gasteiger partial charge in [-0.25, -0.2) is 14.1 Å². The van der Waals surface area contributed by atoms with Crippen molar-refractivity contribution >= 4 is 11.8 Å². The summed E-state index contributed by atoms with van der Waals surface area (Å²) in [7, 11) is 0. The molecule has 0 N–H and O–H groups in total. The van der Waals surface area contributed by atoms with Gasteiger partial charge in [-0.05, 0) is 49.4 Å². The van der Waals surface area contributed by atoms with Crippen molar-refractivity contribution in [1.82, 2.24) is 25.2 Å². The highest BCUT2D eigenvalue weighted by Gasteiger charge is 2.20. The maximum absolute atomic E-state index is 13.3. The Labute approximate surface area is 137 Å². The molecule has 1 aromatic carbocycles. The monoisotopic (exact) mass is 333 g/mol. The first kappa shape index (κ1) is 15.7. The van der Waals surface area contributed by atoms with Crippen molar-refractivity contribution in [2.45, 2.75) is 37.2 Å². The second-order valence-electron chi connectivity index (χ2n) is 5.99. The number of halogens is 1. The van der Waals surface area contributed by atoms with Crippen LogP contribution in [0.2, 0.25) is 0 Å². The molecule has 6 nitrogen and oxygen atoms in total. The van der Waals surface area contributed by atoms with E-state index in [1.165, 1.54) is 23.9 Å². The molecule has 0 bridgehead atoms. The van der Waals surface area contributed by atoms with Crippen LogP contribution in [0.5, 0.6) is 0 Å². The Hall–Kier alpha value is -2.22. The summed E-state index contributed by atoms with van der Waals surface area (Å²) in [6.07, 6.45) is 1.57. The number of benzene rings is 1. The van der Waals surface area contributed by atoms with Gasteiger partial charge in [0.05, 0.1) is 11.2 Å². The number of hydrogen-bond acceptors (Lipinski definition) is 6. The van der Waals surface area contributed by atoms with Crippen molar-refractivity contribution in [3.63, 3.8) is 0 Å². The van der Waals surface area contributed by atoms with E-state index in [-0.39, 0.29) is 11.4 Å². The normalized spacial score (nSPS) is 11.8. The molecule has 2 aromatic heterocycles. The van der Waals surface area contributed by atoms with E-state index in [1.54, 1.807) is 23.1 Å². The van der Waals surface area contributed by atoms with Crippen LogP contribution in [0.15, 0.2) is 40.1 Å². The quantitative estimate of drug-likeness (QED) is 0.681. The van der Waals surface area contributed by atoms with Gasteiger partial charge in [0.1, 0.15) is 12.1 Å². The zero-order valence-corrected chi connectivity index (χ0v) is 13.8. The van der Waals surface area contributed by atoms with Gasteiger partial charge in [-0.3, -0.25) is 0 Å². The molecule has 0 atom stereocenters. The van der Waals surface area contributed by atoms with Gasteiger partial charge in [0.25, 0.3) is 0 Å². The SMILES string of the molecule is CC(C)(C)n1nnnc1SCc1coc(-c2cccc(F)c2)n1. The minimum atomic E-state index is -0.319. The van der Waals surface area contributed by atoms with Crippen molar-refractivity contribution in [3.8, 4) is 11.5 Å². The zero-order chi connectivity index (χ0) is 16.4. The van der Waals surface area contributed by atoms with Crippen molar-refractivity contribution in [1.29, 1.82) is 0 Å². The predicted molar refractivity (Wildman–Crippen MR) is 84.3 cm³/mol. The lowest BCUT2D eigenvalue weighted by Crippen LogP contribution is -2.24. The van der Waals surface area contributed by atoms with Crippen LogP contribution in [0.4, 0.5) is 4.39 Å². The summed E-state index contributed by atoms with van der Waals surface area (Å²) in [6.45, 7) is 6.10. The lowest BCUT2D eigenvalue weighted by molar-refractivity contribution is 0.321. The molecule has 0 radical (unpaired) electrons. The molecular formula is C15H16FN5OS. The van der Waals surface area contributed by atoms with Crippen LogP contribution in [-0.2, 0) is 11.3 Å². The van der Waals surface area contributed by atoms with Crippen LogP contribution in [0.25, 0.3) is 11.5 Å². The number of rotatable bonds is 4. The van der Waals surface area contributed by atoms with E-state index in [0.29, 0.717) is 22.4 Å². The van der Waals surface area contributed by atoms with E-state index in [9.17, 15) is 4.39 Å². The van der Waals surface area contributed by atoms with Crippen LogP contribution in [0.1, 0.15) is 26.5 Å². The van der Waals surface area contributed by atoms with Crippen LogP contribution < -0.4 is 0 Å². The Balaban J connectivity index is 1.72. The third-order valence-electron chi connectivity index (χ3n) is 3.05. The number of nitrogens with zero attached hydrogens (tertiary/aromatic N) is 5. The molecular weight excluding hydrogens is 317 g/mol. The summed E-state index contributed by atoms with van der Waals surface area (Å²) in [5.41, 5.74) is 1.17. The molecule has 3 rings (SSSR count). The number of tetrazole rings is 1. The molecule has 0 amide bonds. The molecule has 23 heavy (non-hydrogen) atoms. The third kappa shape index (κ3) is 3.58. The first-order valence-corrected chi connectivity index (χ1v) is 8.04. The van der Waals surface area contributed by atoms with E-state index in [2.05, 4.69) is 20.5 Å². The predicted octanol–water partition coefficient (Wildman–Crippen LogP) is 3.51. The summed E-state index contributed by atoms with van der Waals surface area (Å²) in [5, 5.41) is 12.5. The average Bonchev–Trinajstić information content (AvgIpc) is 3.14. The summed E-state index contributed by atoms with van der Waals surface area (Å²) in [5.74, 6) is 0.645. The zero-order valence-electron chi connectivity index (χ0n) is 13.0. The number of thioether (sulfide) groups is 1. The highest BCUT2D eigenvalue weighted by atomic mass is 32.2. The van der Waals surface area contributed by atoms with Gasteiger partial charge in [0.2, 0.25) is 11.0 Å². The topological polar surface area (TPSA) is 69.6 Å². The van der Waals surface area contributed by atoms with E-state index in [4.69, 9.17) is 4.42 Å². The first-order chi connectivity index (χ1) is 10.9. The molecule has 120 valence electrons. The lowest BCUT2D eigenvalue weighted by Gasteiger charge is -2.19. The van der Waals surface area contributed by atoms with E-state index >= 15 is 0 Å². The Kier molecular flexibility index (Phi) is 4.16. The fourth-order valence-electron chi connectivity index (χ4n) is 1.96. The van der Waals surface area contributed by atoms with Crippen LogP contribution in [-0.4, -0.2) is 25.2 Å². The molecule has 0 saturated heterocycles. The molecule has 0 saturated carbocycles. The molecule has 0 aliphatic heterocycles. The van der Waals surface area contributed by atoms with E-state index in [0.717, 1.165) is 5.69 Å². The summed E-state index contributed by atoms with van der Waals surface area (Å²) in [6, 6.07) is 6.16. The summed E-state index contributed by atoms with van der Waals surface area (Å²) < 4.78 is 20.4. The second kappa shape index (κ2) is 6.11. The minimum Gasteiger partial charge on any atom is -0.444 e. The minimum absolute atomic E-state index is 0.192. The molecule has 0 spiro atoms. The third-order valence-corrected chi connectivity index (χ3v) is 4.00. The van der Waals surface area contributed by atoms with Crippen LogP contribution in [0, 0.1) is 5.82 Å². The Morgan fingerprint density at radius 1 is 1.30 bits per heavy atom. The first-order valence-electron chi connectivity index (χ1n) is 7.05. The van der Waals surface area contributed by atoms with Crippen molar-refractivity contribution in [3.05, 3.63) is 42.0 Å². The van der Waals surface area contributed by atoms with Gasteiger partial charge in [-0.15, -0.1) is 5.10 Å². The average molecular weight is 333 g/mol. The number of oxazole rings is 1. The van der Waals surface area contributed by atoms with Gasteiger partial charge >= 0.3 is 0 Å². The highest BCUT2D eigenvalue weighted by Crippen LogP contribution is 2.26. The molecule has 0 fully saturated rings. The molecule has 3 aromatic rings. The largest absolute Gasteiger partial charge is 0.444 e. The molecule has 0 unspecified atom stereocenters. The van der Waals surface area contributed by atoms with Gasteiger partial charge in [0, 0.05) is 11.3 Å². The summed E-state index contributed by atoms with van der Waals surface area (Å²) in [4.78, 5) is 4.38. The van der Waals surface area contributed by atoms with Crippen molar-refractivity contribution < 1.29 is 8.81 Å². The highest BCUT2D eigenvalue weighted by molar-refractivity contribution is 7.98. The molecule has 2 heterocycles. The van der Waals surface area contributed by atoms with Crippen molar-refractivity contribution in [2.75, 3.05) is 0 Å². The number of hydrogen-bond donors (Lipinski definition) is 0. The molecule has 0 aliphatic rings. The van der Waals surface area contributed by atoms with Crippen molar-refractivity contribution in [2.24, 2.45) is 0 Å². The standard InChI is InChI=1S/C15H16FN5OS/c1-15(2,3)21-14(18-19-20-21)23-9-12-8-22-13(17-12)10-5-4-6-11(16)7-10/h4-8H,9H2,1-3H3. The van der Waals surface area contributed by atoms with Gasteiger partial charge in [-0.2, -0.15) is 0 Å². The number of aromatic nitrogens is 5. The van der Waals surface area contributed by atoms with E-state index < -0.39 is 0 Å². The van der Waals surface area contributed by atoms with Crippen LogP contribution in [0.3, 0.4) is 0 Å². The Morgan fingerprint density at radius 2 is 2.13 bits per heavy atom. The smallest absolute Gasteiger partial charge is 0.226 e. The fraction of sp³-hybridized carbons (Fsp3) is 0.333. The maximum Gasteiger partial charge on any atom is 0.226 e. The fourth-order valence-corrected chi connectivity index (χ4v) is 2.89. The maximum atomic E-state index is 13.3.